The maximum Gasteiger partial charge on any atom is 0.100 e. The van der Waals surface area contributed by atoms with E-state index in [9.17, 15) is 0 Å². The molecule has 68 valence electrons. The molecule has 0 unspecified atom stereocenters. The molecule has 3 heteroatoms. The van der Waals surface area contributed by atoms with Gasteiger partial charge in [-0.3, -0.25) is 0 Å². The van der Waals surface area contributed by atoms with Crippen LogP contribution in [0.2, 0.25) is 0 Å². The number of hydrogen-bond acceptors (Lipinski definition) is 3. The van der Waals surface area contributed by atoms with Crippen molar-refractivity contribution in [3.63, 3.8) is 0 Å². The van der Waals surface area contributed by atoms with E-state index in [2.05, 4.69) is 6.07 Å². The minimum absolute atomic E-state index is 0.125. The standard InChI is InChI=1S/C10H12N2S/c11-6-8-5-9(13-7-8)10(12)3-1-2-4-10/h5,7H,1-4,12H2. The summed E-state index contributed by atoms with van der Waals surface area (Å²) in [5.74, 6) is 0. The van der Waals surface area contributed by atoms with Crippen LogP contribution in [0, 0.1) is 11.3 Å². The van der Waals surface area contributed by atoms with Crippen LogP contribution in [0.5, 0.6) is 0 Å². The van der Waals surface area contributed by atoms with E-state index >= 15 is 0 Å². The fourth-order valence-corrected chi connectivity index (χ4v) is 2.92. The van der Waals surface area contributed by atoms with Gasteiger partial charge >= 0.3 is 0 Å². The molecule has 0 atom stereocenters. The lowest BCUT2D eigenvalue weighted by Gasteiger charge is -2.21. The molecule has 13 heavy (non-hydrogen) atoms. The largest absolute Gasteiger partial charge is 0.321 e. The molecular formula is C10H12N2S. The second-order valence-corrected chi connectivity index (χ2v) is 4.59. The van der Waals surface area contributed by atoms with Gasteiger partial charge in [0.25, 0.3) is 0 Å². The molecule has 0 bridgehead atoms. The summed E-state index contributed by atoms with van der Waals surface area (Å²) >= 11 is 1.62. The predicted molar refractivity (Wildman–Crippen MR) is 53.4 cm³/mol. The molecular weight excluding hydrogens is 180 g/mol. The molecule has 0 aromatic carbocycles. The van der Waals surface area contributed by atoms with Gasteiger partial charge in [-0.2, -0.15) is 5.26 Å². The van der Waals surface area contributed by atoms with Gasteiger partial charge in [0.1, 0.15) is 6.07 Å². The fraction of sp³-hybridized carbons (Fsp3) is 0.500. The zero-order chi connectivity index (χ0) is 9.31. The summed E-state index contributed by atoms with van der Waals surface area (Å²) in [6.07, 6.45) is 4.57. The van der Waals surface area contributed by atoms with Crippen molar-refractivity contribution in [3.05, 3.63) is 21.9 Å². The first-order valence-electron chi connectivity index (χ1n) is 4.53. The average molecular weight is 192 g/mol. The number of hydrogen-bond donors (Lipinski definition) is 1. The van der Waals surface area contributed by atoms with E-state index in [0.29, 0.717) is 0 Å². The highest BCUT2D eigenvalue weighted by atomic mass is 32.1. The van der Waals surface area contributed by atoms with Crippen molar-refractivity contribution in [3.8, 4) is 6.07 Å². The highest BCUT2D eigenvalue weighted by molar-refractivity contribution is 7.10. The molecule has 0 saturated heterocycles. The zero-order valence-corrected chi connectivity index (χ0v) is 8.23. The summed E-state index contributed by atoms with van der Waals surface area (Å²) in [7, 11) is 0. The summed E-state index contributed by atoms with van der Waals surface area (Å²) in [6, 6.07) is 4.08. The van der Waals surface area contributed by atoms with Gasteiger partial charge in [0.2, 0.25) is 0 Å². The lowest BCUT2D eigenvalue weighted by Crippen LogP contribution is -2.31. The molecule has 1 aromatic rings. The Labute approximate surface area is 82.0 Å². The Kier molecular flexibility index (Phi) is 2.10. The SMILES string of the molecule is N#Cc1csc(C2(N)CCCC2)c1. The Balaban J connectivity index is 2.30. The molecule has 2 nitrogen and oxygen atoms in total. The van der Waals surface area contributed by atoms with E-state index in [1.807, 2.05) is 11.4 Å². The monoisotopic (exact) mass is 192 g/mol. The van der Waals surface area contributed by atoms with Gasteiger partial charge in [0.15, 0.2) is 0 Å². The van der Waals surface area contributed by atoms with Gasteiger partial charge in [-0.25, -0.2) is 0 Å². The number of nitriles is 1. The third-order valence-electron chi connectivity index (χ3n) is 2.72. The van der Waals surface area contributed by atoms with E-state index in [1.54, 1.807) is 11.3 Å². The molecule has 0 spiro atoms. The molecule has 0 radical (unpaired) electrons. The average Bonchev–Trinajstić information content (AvgIpc) is 2.72. The van der Waals surface area contributed by atoms with Crippen LogP contribution >= 0.6 is 11.3 Å². The normalized spacial score (nSPS) is 20.0. The molecule has 1 fully saturated rings. The minimum atomic E-state index is -0.125. The van der Waals surface area contributed by atoms with Crippen LogP contribution in [-0.4, -0.2) is 0 Å². The maximum absolute atomic E-state index is 8.69. The van der Waals surface area contributed by atoms with E-state index in [-0.39, 0.29) is 5.54 Å². The molecule has 2 rings (SSSR count). The van der Waals surface area contributed by atoms with E-state index in [4.69, 9.17) is 11.0 Å². The van der Waals surface area contributed by atoms with Gasteiger partial charge in [0, 0.05) is 10.3 Å². The van der Waals surface area contributed by atoms with Crippen molar-refractivity contribution in [2.24, 2.45) is 5.73 Å². The van der Waals surface area contributed by atoms with Crippen molar-refractivity contribution >= 4 is 11.3 Å². The van der Waals surface area contributed by atoms with Crippen LogP contribution in [0.15, 0.2) is 11.4 Å². The van der Waals surface area contributed by atoms with Gasteiger partial charge < -0.3 is 5.73 Å². The summed E-state index contributed by atoms with van der Waals surface area (Å²) in [5.41, 5.74) is 6.87. The third-order valence-corrected chi connectivity index (χ3v) is 3.87. The Bertz CT molecular complexity index is 342. The number of thiophene rings is 1. The minimum Gasteiger partial charge on any atom is -0.321 e. The third kappa shape index (κ3) is 1.48. The molecule has 0 aliphatic heterocycles. The first-order valence-corrected chi connectivity index (χ1v) is 5.40. The summed E-state index contributed by atoms with van der Waals surface area (Å²) in [6.45, 7) is 0. The van der Waals surface area contributed by atoms with Crippen LogP contribution in [-0.2, 0) is 5.54 Å². The van der Waals surface area contributed by atoms with Crippen LogP contribution in [0.4, 0.5) is 0 Å². The Morgan fingerprint density at radius 2 is 2.15 bits per heavy atom. The molecule has 1 saturated carbocycles. The second kappa shape index (κ2) is 3.13. The lowest BCUT2D eigenvalue weighted by atomic mass is 9.97. The first-order chi connectivity index (χ1) is 6.24. The topological polar surface area (TPSA) is 49.8 Å². The van der Waals surface area contributed by atoms with Crippen LogP contribution < -0.4 is 5.73 Å². The number of nitrogens with zero attached hydrogens (tertiary/aromatic N) is 1. The Morgan fingerprint density at radius 3 is 2.69 bits per heavy atom. The lowest BCUT2D eigenvalue weighted by molar-refractivity contribution is 0.471. The van der Waals surface area contributed by atoms with Crippen LogP contribution in [0.25, 0.3) is 0 Å². The predicted octanol–water partition coefficient (Wildman–Crippen LogP) is 2.35. The van der Waals surface area contributed by atoms with Crippen molar-refractivity contribution in [1.29, 1.82) is 5.26 Å². The quantitative estimate of drug-likeness (QED) is 0.742. The van der Waals surface area contributed by atoms with Gasteiger partial charge in [-0.1, -0.05) is 12.8 Å². The van der Waals surface area contributed by atoms with E-state index in [0.717, 1.165) is 18.4 Å². The molecule has 1 aromatic heterocycles. The number of rotatable bonds is 1. The summed E-state index contributed by atoms with van der Waals surface area (Å²) in [5, 5.41) is 10.6. The summed E-state index contributed by atoms with van der Waals surface area (Å²) in [4.78, 5) is 1.18. The molecule has 1 aliphatic rings. The van der Waals surface area contributed by atoms with E-state index < -0.39 is 0 Å². The highest BCUT2D eigenvalue weighted by Gasteiger charge is 2.32. The maximum atomic E-state index is 8.69. The Morgan fingerprint density at radius 1 is 1.46 bits per heavy atom. The second-order valence-electron chi connectivity index (χ2n) is 3.67. The molecule has 1 aliphatic carbocycles. The van der Waals surface area contributed by atoms with Crippen molar-refractivity contribution in [2.75, 3.05) is 0 Å². The summed E-state index contributed by atoms with van der Waals surface area (Å²) < 4.78 is 0. The van der Waals surface area contributed by atoms with Crippen molar-refractivity contribution < 1.29 is 0 Å². The number of nitrogens with two attached hydrogens (primary N) is 1. The highest BCUT2D eigenvalue weighted by Crippen LogP contribution is 2.38. The fourth-order valence-electron chi connectivity index (χ4n) is 1.91. The van der Waals surface area contributed by atoms with Crippen molar-refractivity contribution in [1.82, 2.24) is 0 Å². The van der Waals surface area contributed by atoms with Crippen molar-refractivity contribution in [2.45, 2.75) is 31.2 Å². The van der Waals surface area contributed by atoms with E-state index in [1.165, 1.54) is 17.7 Å². The van der Waals surface area contributed by atoms with Gasteiger partial charge in [-0.15, -0.1) is 11.3 Å². The van der Waals surface area contributed by atoms with Crippen LogP contribution in [0.1, 0.15) is 36.1 Å². The molecule has 0 amide bonds. The Hall–Kier alpha value is -0.850. The zero-order valence-electron chi connectivity index (χ0n) is 7.42. The van der Waals surface area contributed by atoms with Crippen LogP contribution in [0.3, 0.4) is 0 Å². The smallest absolute Gasteiger partial charge is 0.100 e. The molecule has 2 N–H and O–H groups in total. The van der Waals surface area contributed by atoms with Gasteiger partial charge in [0.05, 0.1) is 11.1 Å². The molecule has 1 heterocycles. The first kappa shape index (κ1) is 8.74. The van der Waals surface area contributed by atoms with Gasteiger partial charge in [-0.05, 0) is 18.9 Å².